The van der Waals surface area contributed by atoms with E-state index in [9.17, 15) is 9.18 Å². The fraction of sp³-hybridized carbons (Fsp3) is 0.200. The van der Waals surface area contributed by atoms with Crippen LogP contribution in [0.25, 0.3) is 10.6 Å². The van der Waals surface area contributed by atoms with Crippen LogP contribution in [0.1, 0.15) is 12.1 Å². The normalized spacial score (nSPS) is 10.6. The molecule has 0 spiro atoms. The molecule has 0 bridgehead atoms. The number of hydrogen-bond donors (Lipinski definition) is 1. The van der Waals surface area contributed by atoms with Gasteiger partial charge in [-0.25, -0.2) is 9.37 Å². The second kappa shape index (κ2) is 8.10. The number of anilines is 2. The molecule has 3 aromatic rings. The zero-order valence-electron chi connectivity index (χ0n) is 14.7. The van der Waals surface area contributed by atoms with Crippen molar-refractivity contribution in [2.75, 3.05) is 24.3 Å². The number of amides is 1. The first kappa shape index (κ1) is 18.1. The number of nitrogens with zero attached hydrogens (tertiary/aromatic N) is 2. The van der Waals surface area contributed by atoms with E-state index in [-0.39, 0.29) is 11.7 Å². The summed E-state index contributed by atoms with van der Waals surface area (Å²) in [6.45, 7) is 0. The van der Waals surface area contributed by atoms with Gasteiger partial charge >= 0.3 is 0 Å². The molecule has 2 aromatic carbocycles. The van der Waals surface area contributed by atoms with Crippen LogP contribution in [0.2, 0.25) is 0 Å². The predicted molar refractivity (Wildman–Crippen MR) is 105 cm³/mol. The van der Waals surface area contributed by atoms with E-state index in [1.54, 1.807) is 12.1 Å². The van der Waals surface area contributed by atoms with Crippen molar-refractivity contribution in [3.05, 3.63) is 65.4 Å². The smallest absolute Gasteiger partial charge is 0.224 e. The zero-order valence-corrected chi connectivity index (χ0v) is 15.5. The van der Waals surface area contributed by atoms with Gasteiger partial charge in [0.15, 0.2) is 0 Å². The summed E-state index contributed by atoms with van der Waals surface area (Å²) in [4.78, 5) is 18.7. The number of halogens is 1. The van der Waals surface area contributed by atoms with Gasteiger partial charge in [-0.3, -0.25) is 4.79 Å². The third-order valence-corrected chi connectivity index (χ3v) is 4.86. The first-order valence-corrected chi connectivity index (χ1v) is 9.17. The predicted octanol–water partition coefficient (Wildman–Crippen LogP) is 4.59. The van der Waals surface area contributed by atoms with Crippen molar-refractivity contribution in [1.29, 1.82) is 0 Å². The van der Waals surface area contributed by atoms with Crippen LogP contribution in [0.4, 0.5) is 15.8 Å². The van der Waals surface area contributed by atoms with Crippen molar-refractivity contribution >= 4 is 28.6 Å². The number of carbonyl (C=O) groups is 1. The number of rotatable bonds is 6. The molecule has 1 amide bonds. The summed E-state index contributed by atoms with van der Waals surface area (Å²) in [5, 5.41) is 5.67. The van der Waals surface area contributed by atoms with E-state index >= 15 is 0 Å². The molecule has 0 aliphatic rings. The molecule has 0 atom stereocenters. The van der Waals surface area contributed by atoms with Crippen LogP contribution in [0.15, 0.2) is 53.9 Å². The topological polar surface area (TPSA) is 45.2 Å². The Kier molecular flexibility index (Phi) is 5.63. The zero-order chi connectivity index (χ0) is 18.5. The standard InChI is InChI=1S/C20H20FN3OS/c1-24(2)18-10-7-16(8-11-18)22-19(25)12-9-17-13-26-20(23-17)14-3-5-15(21)6-4-14/h3-8,10-11,13H,9,12H2,1-2H3,(H,22,25). The van der Waals surface area contributed by atoms with Crippen molar-refractivity contribution in [3.63, 3.8) is 0 Å². The number of aromatic nitrogens is 1. The summed E-state index contributed by atoms with van der Waals surface area (Å²) in [5.41, 5.74) is 3.62. The Morgan fingerprint density at radius 3 is 2.46 bits per heavy atom. The van der Waals surface area contributed by atoms with Gasteiger partial charge in [0.1, 0.15) is 10.8 Å². The molecular weight excluding hydrogens is 349 g/mol. The lowest BCUT2D eigenvalue weighted by Gasteiger charge is -2.13. The molecule has 4 nitrogen and oxygen atoms in total. The largest absolute Gasteiger partial charge is 0.378 e. The Bertz CT molecular complexity index is 873. The van der Waals surface area contributed by atoms with Crippen molar-refractivity contribution in [2.24, 2.45) is 0 Å². The number of benzene rings is 2. The highest BCUT2D eigenvalue weighted by molar-refractivity contribution is 7.13. The van der Waals surface area contributed by atoms with E-state index in [0.717, 1.165) is 27.6 Å². The summed E-state index contributed by atoms with van der Waals surface area (Å²) < 4.78 is 13.0. The van der Waals surface area contributed by atoms with Crippen LogP contribution in [0, 0.1) is 5.82 Å². The average Bonchev–Trinajstić information content (AvgIpc) is 3.10. The van der Waals surface area contributed by atoms with E-state index in [2.05, 4.69) is 10.3 Å². The quantitative estimate of drug-likeness (QED) is 0.691. The molecule has 0 aliphatic carbocycles. The molecule has 0 unspecified atom stereocenters. The minimum atomic E-state index is -0.263. The molecule has 0 aliphatic heterocycles. The van der Waals surface area contributed by atoms with E-state index in [0.29, 0.717) is 12.8 Å². The highest BCUT2D eigenvalue weighted by atomic mass is 32.1. The van der Waals surface area contributed by atoms with E-state index in [1.165, 1.54) is 23.5 Å². The van der Waals surface area contributed by atoms with Crippen LogP contribution < -0.4 is 10.2 Å². The summed E-state index contributed by atoms with van der Waals surface area (Å²) in [6, 6.07) is 14.0. The van der Waals surface area contributed by atoms with Crippen LogP contribution in [0.3, 0.4) is 0 Å². The third kappa shape index (κ3) is 4.67. The molecule has 1 N–H and O–H groups in total. The molecule has 26 heavy (non-hydrogen) atoms. The Balaban J connectivity index is 1.54. The van der Waals surface area contributed by atoms with Gasteiger partial charge in [-0.15, -0.1) is 11.3 Å². The average molecular weight is 369 g/mol. The van der Waals surface area contributed by atoms with Crippen molar-refractivity contribution in [3.8, 4) is 10.6 Å². The van der Waals surface area contributed by atoms with Gasteiger partial charge in [0.05, 0.1) is 5.69 Å². The molecule has 134 valence electrons. The Labute approximate surface area is 156 Å². The maximum absolute atomic E-state index is 13.0. The van der Waals surface area contributed by atoms with Gasteiger partial charge in [0.2, 0.25) is 5.91 Å². The molecule has 0 saturated heterocycles. The Morgan fingerprint density at radius 2 is 1.81 bits per heavy atom. The van der Waals surface area contributed by atoms with Crippen molar-refractivity contribution in [1.82, 2.24) is 4.98 Å². The van der Waals surface area contributed by atoms with Crippen LogP contribution in [-0.4, -0.2) is 25.0 Å². The SMILES string of the molecule is CN(C)c1ccc(NC(=O)CCc2csc(-c3ccc(F)cc3)n2)cc1. The Hall–Kier alpha value is -2.73. The van der Waals surface area contributed by atoms with Crippen molar-refractivity contribution in [2.45, 2.75) is 12.8 Å². The third-order valence-electron chi connectivity index (χ3n) is 3.92. The number of carbonyl (C=O) groups excluding carboxylic acids is 1. The molecule has 1 aromatic heterocycles. The van der Waals surface area contributed by atoms with Crippen molar-refractivity contribution < 1.29 is 9.18 Å². The highest BCUT2D eigenvalue weighted by Gasteiger charge is 2.08. The fourth-order valence-electron chi connectivity index (χ4n) is 2.45. The lowest BCUT2D eigenvalue weighted by atomic mass is 10.2. The highest BCUT2D eigenvalue weighted by Crippen LogP contribution is 2.24. The molecule has 6 heteroatoms. The molecule has 0 fully saturated rings. The summed E-state index contributed by atoms with van der Waals surface area (Å²) >= 11 is 1.50. The van der Waals surface area contributed by atoms with Gasteiger partial charge in [-0.05, 0) is 55.0 Å². The van der Waals surface area contributed by atoms with E-state index < -0.39 is 0 Å². The minimum Gasteiger partial charge on any atom is -0.378 e. The van der Waals surface area contributed by atoms with E-state index in [4.69, 9.17) is 0 Å². The minimum absolute atomic E-state index is 0.0427. The lowest BCUT2D eigenvalue weighted by Crippen LogP contribution is -2.13. The number of nitrogens with one attached hydrogen (secondary N) is 1. The monoisotopic (exact) mass is 369 g/mol. The van der Waals surface area contributed by atoms with Gasteiger partial charge in [-0.1, -0.05) is 0 Å². The number of thiazole rings is 1. The summed E-state index contributed by atoms with van der Waals surface area (Å²) in [5.74, 6) is -0.306. The molecule has 0 saturated carbocycles. The number of aryl methyl sites for hydroxylation is 1. The molecular formula is C20H20FN3OS. The summed E-state index contributed by atoms with van der Waals surface area (Å²) in [6.07, 6.45) is 0.932. The van der Waals surface area contributed by atoms with Crippen LogP contribution >= 0.6 is 11.3 Å². The van der Waals surface area contributed by atoms with Crippen LogP contribution in [0.5, 0.6) is 0 Å². The maximum Gasteiger partial charge on any atom is 0.224 e. The van der Waals surface area contributed by atoms with E-state index in [1.807, 2.05) is 48.6 Å². The molecule has 0 radical (unpaired) electrons. The lowest BCUT2D eigenvalue weighted by molar-refractivity contribution is -0.116. The van der Waals surface area contributed by atoms with Gasteiger partial charge in [-0.2, -0.15) is 0 Å². The van der Waals surface area contributed by atoms with Gasteiger partial charge in [0.25, 0.3) is 0 Å². The first-order valence-electron chi connectivity index (χ1n) is 8.29. The second-order valence-corrected chi connectivity index (χ2v) is 7.00. The Morgan fingerprint density at radius 1 is 1.12 bits per heavy atom. The molecule has 3 rings (SSSR count). The maximum atomic E-state index is 13.0. The summed E-state index contributed by atoms with van der Waals surface area (Å²) in [7, 11) is 3.95. The van der Waals surface area contributed by atoms with Gasteiger partial charge in [0, 0.05) is 42.8 Å². The number of hydrogen-bond acceptors (Lipinski definition) is 4. The molecule has 1 heterocycles. The fourth-order valence-corrected chi connectivity index (χ4v) is 3.32. The van der Waals surface area contributed by atoms with Gasteiger partial charge < -0.3 is 10.2 Å². The second-order valence-electron chi connectivity index (χ2n) is 6.14. The van der Waals surface area contributed by atoms with Crippen LogP contribution in [-0.2, 0) is 11.2 Å². The first-order chi connectivity index (χ1) is 12.5.